The third-order valence-corrected chi connectivity index (χ3v) is 3.01. The average Bonchev–Trinajstić information content (AvgIpc) is 2.45. The normalized spacial score (nSPS) is 12.3. The quantitative estimate of drug-likeness (QED) is 0.549. The Bertz CT molecular complexity index is 683. The van der Waals surface area contributed by atoms with E-state index in [9.17, 15) is 31.1 Å². The third kappa shape index (κ3) is 3.29. The van der Waals surface area contributed by atoms with Crippen LogP contribution >= 0.6 is 0 Å². The van der Waals surface area contributed by atoms with Gasteiger partial charge < -0.3 is 0 Å². The van der Waals surface area contributed by atoms with E-state index in [1.54, 1.807) is 0 Å². The largest absolute Gasteiger partial charge is 0.417 e. The summed E-state index contributed by atoms with van der Waals surface area (Å²) >= 11 is 0. The number of halogens is 6. The lowest BCUT2D eigenvalue weighted by Gasteiger charge is -2.14. The summed E-state index contributed by atoms with van der Waals surface area (Å²) in [5, 5.41) is 0. The molecule has 0 radical (unpaired) electrons. The number of hydrogen-bond acceptors (Lipinski definition) is 1. The van der Waals surface area contributed by atoms with Crippen LogP contribution in [0, 0.1) is 0 Å². The lowest BCUT2D eigenvalue weighted by Crippen LogP contribution is -2.08. The van der Waals surface area contributed by atoms with Crippen molar-refractivity contribution >= 4 is 6.29 Å². The Hall–Kier alpha value is -2.31. The Morgan fingerprint density at radius 1 is 0.773 bits per heavy atom. The second-order valence-electron chi connectivity index (χ2n) is 4.50. The summed E-state index contributed by atoms with van der Waals surface area (Å²) in [6.07, 6.45) is -8.89. The topological polar surface area (TPSA) is 17.1 Å². The van der Waals surface area contributed by atoms with Crippen LogP contribution < -0.4 is 0 Å². The van der Waals surface area contributed by atoms with E-state index in [2.05, 4.69) is 0 Å². The molecule has 0 unspecified atom stereocenters. The molecular formula is C15H8F6O. The Morgan fingerprint density at radius 2 is 1.36 bits per heavy atom. The molecule has 0 N–H and O–H groups in total. The van der Waals surface area contributed by atoms with Gasteiger partial charge in [0, 0.05) is 5.56 Å². The summed E-state index contributed by atoms with van der Waals surface area (Å²) in [5.41, 5.74) is -2.37. The highest BCUT2D eigenvalue weighted by molar-refractivity contribution is 5.80. The lowest BCUT2D eigenvalue weighted by atomic mass is 9.96. The van der Waals surface area contributed by atoms with Crippen LogP contribution in [0.5, 0.6) is 0 Å². The minimum Gasteiger partial charge on any atom is -0.298 e. The van der Waals surface area contributed by atoms with Gasteiger partial charge in [-0.25, -0.2) is 0 Å². The SMILES string of the molecule is O=Cc1ccc(C(F)(F)F)c(-c2ccc(C(F)(F)F)cc2)c1. The van der Waals surface area contributed by atoms with Crippen LogP contribution in [0.2, 0.25) is 0 Å². The molecule has 0 aromatic heterocycles. The molecule has 7 heteroatoms. The van der Waals surface area contributed by atoms with Gasteiger partial charge in [-0.15, -0.1) is 0 Å². The molecular weight excluding hydrogens is 310 g/mol. The highest BCUT2D eigenvalue weighted by atomic mass is 19.4. The van der Waals surface area contributed by atoms with Gasteiger partial charge in [0.05, 0.1) is 11.1 Å². The molecule has 0 bridgehead atoms. The zero-order chi connectivity index (χ0) is 16.5. The van der Waals surface area contributed by atoms with Crippen molar-refractivity contribution in [1.29, 1.82) is 0 Å². The van der Waals surface area contributed by atoms with Crippen LogP contribution in [0.25, 0.3) is 11.1 Å². The number of carbonyl (C=O) groups is 1. The molecule has 0 aliphatic heterocycles. The van der Waals surface area contributed by atoms with Crippen molar-refractivity contribution in [3.05, 3.63) is 59.2 Å². The Labute approximate surface area is 121 Å². The lowest BCUT2D eigenvalue weighted by molar-refractivity contribution is -0.138. The van der Waals surface area contributed by atoms with E-state index >= 15 is 0 Å². The molecule has 2 aromatic rings. The highest BCUT2D eigenvalue weighted by Gasteiger charge is 2.34. The fraction of sp³-hybridized carbons (Fsp3) is 0.133. The second-order valence-corrected chi connectivity index (χ2v) is 4.50. The van der Waals surface area contributed by atoms with E-state index in [4.69, 9.17) is 0 Å². The van der Waals surface area contributed by atoms with E-state index in [1.807, 2.05) is 0 Å². The molecule has 0 aliphatic rings. The average molecular weight is 318 g/mol. The summed E-state index contributed by atoms with van der Waals surface area (Å²) in [5.74, 6) is 0. The fourth-order valence-electron chi connectivity index (χ4n) is 1.96. The third-order valence-electron chi connectivity index (χ3n) is 3.01. The molecule has 0 atom stereocenters. The van der Waals surface area contributed by atoms with E-state index in [0.29, 0.717) is 18.4 Å². The van der Waals surface area contributed by atoms with Gasteiger partial charge in [-0.05, 0) is 35.4 Å². The number of rotatable bonds is 2. The summed E-state index contributed by atoms with van der Waals surface area (Å²) in [6.45, 7) is 0. The predicted molar refractivity (Wildman–Crippen MR) is 67.3 cm³/mol. The van der Waals surface area contributed by atoms with E-state index < -0.39 is 23.5 Å². The number of carbonyl (C=O) groups excluding carboxylic acids is 1. The molecule has 2 aromatic carbocycles. The molecule has 22 heavy (non-hydrogen) atoms. The Balaban J connectivity index is 2.58. The summed E-state index contributed by atoms with van der Waals surface area (Å²) in [7, 11) is 0. The van der Waals surface area contributed by atoms with Gasteiger partial charge in [-0.3, -0.25) is 4.79 Å². The predicted octanol–water partition coefficient (Wildman–Crippen LogP) is 5.20. The Morgan fingerprint density at radius 3 is 1.82 bits per heavy atom. The highest BCUT2D eigenvalue weighted by Crippen LogP contribution is 2.38. The van der Waals surface area contributed by atoms with Crippen LogP contribution in [0.3, 0.4) is 0 Å². The van der Waals surface area contributed by atoms with Gasteiger partial charge in [0.25, 0.3) is 0 Å². The van der Waals surface area contributed by atoms with Gasteiger partial charge in [0.1, 0.15) is 6.29 Å². The van der Waals surface area contributed by atoms with E-state index in [-0.39, 0.29) is 16.7 Å². The van der Waals surface area contributed by atoms with Gasteiger partial charge in [0.2, 0.25) is 0 Å². The second kappa shape index (κ2) is 5.47. The molecule has 0 saturated carbocycles. The van der Waals surface area contributed by atoms with Gasteiger partial charge >= 0.3 is 12.4 Å². The van der Waals surface area contributed by atoms with E-state index in [1.165, 1.54) is 0 Å². The van der Waals surface area contributed by atoms with Crippen LogP contribution in [0.1, 0.15) is 21.5 Å². The molecule has 0 fully saturated rings. The monoisotopic (exact) mass is 318 g/mol. The first-order valence-corrected chi connectivity index (χ1v) is 5.97. The van der Waals surface area contributed by atoms with Crippen LogP contribution in [-0.2, 0) is 12.4 Å². The number of hydrogen-bond donors (Lipinski definition) is 0. The van der Waals surface area contributed by atoms with Crippen LogP contribution in [0.4, 0.5) is 26.3 Å². The maximum absolute atomic E-state index is 13.0. The molecule has 0 heterocycles. The van der Waals surface area contributed by atoms with E-state index in [0.717, 1.165) is 30.3 Å². The summed E-state index contributed by atoms with van der Waals surface area (Å²) < 4.78 is 76.4. The van der Waals surface area contributed by atoms with Crippen molar-refractivity contribution in [3.63, 3.8) is 0 Å². The van der Waals surface area contributed by atoms with Crippen LogP contribution in [-0.4, -0.2) is 6.29 Å². The molecule has 0 spiro atoms. The molecule has 2 rings (SSSR count). The number of aldehydes is 1. The fourth-order valence-corrected chi connectivity index (χ4v) is 1.96. The van der Waals surface area contributed by atoms with Crippen molar-refractivity contribution in [3.8, 4) is 11.1 Å². The molecule has 0 saturated heterocycles. The maximum Gasteiger partial charge on any atom is 0.417 e. The first-order valence-electron chi connectivity index (χ1n) is 5.97. The van der Waals surface area contributed by atoms with Crippen molar-refractivity contribution < 1.29 is 31.1 Å². The minimum atomic E-state index is -4.68. The molecule has 1 nitrogen and oxygen atoms in total. The number of alkyl halides is 6. The number of benzene rings is 2. The zero-order valence-corrected chi connectivity index (χ0v) is 10.8. The van der Waals surface area contributed by atoms with Gasteiger partial charge in [0.15, 0.2) is 0 Å². The van der Waals surface area contributed by atoms with Crippen molar-refractivity contribution in [1.82, 2.24) is 0 Å². The van der Waals surface area contributed by atoms with Crippen LogP contribution in [0.15, 0.2) is 42.5 Å². The molecule has 0 aliphatic carbocycles. The van der Waals surface area contributed by atoms with Crippen molar-refractivity contribution in [2.75, 3.05) is 0 Å². The van der Waals surface area contributed by atoms with Crippen molar-refractivity contribution in [2.24, 2.45) is 0 Å². The first kappa shape index (κ1) is 16.1. The maximum atomic E-state index is 13.0. The summed E-state index contributed by atoms with van der Waals surface area (Å²) in [4.78, 5) is 10.7. The van der Waals surface area contributed by atoms with Gasteiger partial charge in [-0.1, -0.05) is 18.2 Å². The Kier molecular flexibility index (Phi) is 4.00. The smallest absolute Gasteiger partial charge is 0.298 e. The minimum absolute atomic E-state index is 0.00268. The zero-order valence-electron chi connectivity index (χ0n) is 10.8. The molecule has 116 valence electrons. The van der Waals surface area contributed by atoms with Crippen molar-refractivity contribution in [2.45, 2.75) is 12.4 Å². The summed E-state index contributed by atoms with van der Waals surface area (Å²) in [6, 6.07) is 6.02. The first-order chi connectivity index (χ1) is 10.1. The van der Waals surface area contributed by atoms with Gasteiger partial charge in [-0.2, -0.15) is 26.3 Å². The standard InChI is InChI=1S/C15H8F6O/c16-14(17,18)11-4-2-10(3-5-11)12-7-9(8-22)1-6-13(12)15(19,20)21/h1-8H. The molecule has 0 amide bonds.